The largest absolute Gasteiger partial charge is 0.353 e. The van der Waals surface area contributed by atoms with E-state index in [1.165, 1.54) is 0 Å². The molecule has 2 amide bonds. The Morgan fingerprint density at radius 2 is 1.76 bits per heavy atom. The zero-order chi connectivity index (χ0) is 16.0. The van der Waals surface area contributed by atoms with Crippen LogP contribution in [0.5, 0.6) is 0 Å². The zero-order valence-electron chi connectivity index (χ0n) is 14.0. The minimum atomic E-state index is -0.349. The maximum atomic E-state index is 11.6. The molecule has 0 saturated heterocycles. The predicted octanol–water partition coefficient (Wildman–Crippen LogP) is 2.61. The molecule has 1 aliphatic rings. The van der Waals surface area contributed by atoms with E-state index in [4.69, 9.17) is 0 Å². The average Bonchev–Trinajstić information content (AvgIpc) is 2.34. The third-order valence-corrected chi connectivity index (χ3v) is 3.90. The monoisotopic (exact) mass is 295 g/mol. The van der Waals surface area contributed by atoms with Gasteiger partial charge in [-0.1, -0.05) is 20.8 Å². The van der Waals surface area contributed by atoms with E-state index in [1.807, 2.05) is 13.8 Å². The summed E-state index contributed by atoms with van der Waals surface area (Å²) in [5.74, 6) is 0.0988. The molecule has 21 heavy (non-hydrogen) atoms. The number of nitrogens with one attached hydrogen (secondary N) is 2. The van der Waals surface area contributed by atoms with E-state index in [0.29, 0.717) is 11.3 Å². The van der Waals surface area contributed by atoms with E-state index in [2.05, 4.69) is 36.6 Å². The minimum Gasteiger partial charge on any atom is -0.353 e. The Labute approximate surface area is 127 Å². The normalized spacial score (nSPS) is 19.3. The van der Waals surface area contributed by atoms with Crippen LogP contribution in [0.1, 0.15) is 66.7 Å². The van der Waals surface area contributed by atoms with Crippen molar-refractivity contribution in [2.24, 2.45) is 16.4 Å². The molecule has 0 atom stereocenters. The van der Waals surface area contributed by atoms with E-state index >= 15 is 0 Å². The van der Waals surface area contributed by atoms with Gasteiger partial charge >= 0.3 is 0 Å². The Balaban J connectivity index is 2.35. The van der Waals surface area contributed by atoms with Gasteiger partial charge < -0.3 is 5.32 Å². The number of amides is 2. The van der Waals surface area contributed by atoms with Gasteiger partial charge in [0.15, 0.2) is 0 Å². The molecule has 0 unspecified atom stereocenters. The van der Waals surface area contributed by atoms with Gasteiger partial charge in [0.25, 0.3) is 0 Å². The third kappa shape index (κ3) is 6.74. The maximum absolute atomic E-state index is 11.6. The predicted molar refractivity (Wildman–Crippen MR) is 84.9 cm³/mol. The lowest BCUT2D eigenvalue weighted by Crippen LogP contribution is -2.34. The van der Waals surface area contributed by atoms with Crippen molar-refractivity contribution in [1.82, 2.24) is 10.7 Å². The SMILES string of the molecule is CC(C)NC(=O)CC(=O)NN=C1CCC(C(C)(C)C)CC1. The van der Waals surface area contributed by atoms with Gasteiger partial charge in [-0.25, -0.2) is 5.43 Å². The Kier molecular flexibility index (Phi) is 6.37. The van der Waals surface area contributed by atoms with E-state index in [1.54, 1.807) is 0 Å². The van der Waals surface area contributed by atoms with E-state index in [9.17, 15) is 9.59 Å². The highest BCUT2D eigenvalue weighted by atomic mass is 16.2. The lowest BCUT2D eigenvalue weighted by atomic mass is 9.72. The molecule has 1 fully saturated rings. The molecular formula is C16H29N3O2. The number of nitrogens with zero attached hydrogens (tertiary/aromatic N) is 1. The van der Waals surface area contributed by atoms with Crippen molar-refractivity contribution in [3.63, 3.8) is 0 Å². The zero-order valence-corrected chi connectivity index (χ0v) is 14.0. The van der Waals surface area contributed by atoms with Crippen LogP contribution in [-0.2, 0) is 9.59 Å². The molecule has 1 aliphatic carbocycles. The first-order valence-corrected chi connectivity index (χ1v) is 7.82. The van der Waals surface area contributed by atoms with Gasteiger partial charge in [0.2, 0.25) is 11.8 Å². The standard InChI is InChI=1S/C16H29N3O2/c1-11(2)17-14(20)10-15(21)19-18-13-8-6-12(7-9-13)16(3,4)5/h11-12H,6-10H2,1-5H3,(H,17,20)(H,19,21). The van der Waals surface area contributed by atoms with Gasteiger partial charge in [-0.15, -0.1) is 0 Å². The van der Waals surface area contributed by atoms with Crippen LogP contribution in [0, 0.1) is 11.3 Å². The molecular weight excluding hydrogens is 266 g/mol. The van der Waals surface area contributed by atoms with Gasteiger partial charge in [-0.2, -0.15) is 5.10 Å². The molecule has 0 heterocycles. The van der Waals surface area contributed by atoms with Crippen molar-refractivity contribution in [3.05, 3.63) is 0 Å². The Bertz CT molecular complexity index is 398. The molecule has 0 radical (unpaired) electrons. The second-order valence-corrected chi connectivity index (χ2v) is 7.25. The lowest BCUT2D eigenvalue weighted by molar-refractivity contribution is -0.129. The smallest absolute Gasteiger partial charge is 0.249 e. The Morgan fingerprint density at radius 1 is 1.19 bits per heavy atom. The molecule has 2 N–H and O–H groups in total. The molecule has 0 aromatic rings. The summed E-state index contributed by atoms with van der Waals surface area (Å²) in [5.41, 5.74) is 3.87. The van der Waals surface area contributed by atoms with Crippen LogP contribution in [0.3, 0.4) is 0 Å². The summed E-state index contributed by atoms with van der Waals surface area (Å²) in [4.78, 5) is 23.1. The Hall–Kier alpha value is -1.39. The van der Waals surface area contributed by atoms with Gasteiger partial charge in [0.05, 0.1) is 0 Å². The van der Waals surface area contributed by atoms with Crippen LogP contribution in [0.25, 0.3) is 0 Å². The van der Waals surface area contributed by atoms with Crippen molar-refractivity contribution in [1.29, 1.82) is 0 Å². The number of hydrogen-bond donors (Lipinski definition) is 2. The van der Waals surface area contributed by atoms with Crippen LogP contribution in [-0.4, -0.2) is 23.6 Å². The van der Waals surface area contributed by atoms with Gasteiger partial charge in [-0.05, 0) is 50.9 Å². The maximum Gasteiger partial charge on any atom is 0.249 e. The minimum absolute atomic E-state index is 0.0456. The van der Waals surface area contributed by atoms with Gasteiger partial charge in [-0.3, -0.25) is 9.59 Å². The van der Waals surface area contributed by atoms with Crippen LogP contribution in [0.2, 0.25) is 0 Å². The summed E-state index contributed by atoms with van der Waals surface area (Å²) in [5, 5.41) is 6.85. The van der Waals surface area contributed by atoms with E-state index < -0.39 is 0 Å². The molecule has 0 bridgehead atoms. The highest BCUT2D eigenvalue weighted by Gasteiger charge is 2.28. The fourth-order valence-corrected chi connectivity index (χ4v) is 2.63. The van der Waals surface area contributed by atoms with Crippen LogP contribution >= 0.6 is 0 Å². The number of rotatable bonds is 4. The molecule has 0 aliphatic heterocycles. The quantitative estimate of drug-likeness (QED) is 0.618. The molecule has 1 saturated carbocycles. The fraction of sp³-hybridized carbons (Fsp3) is 0.812. The first kappa shape index (κ1) is 17.7. The number of carbonyl (C=O) groups excluding carboxylic acids is 2. The second kappa shape index (κ2) is 7.57. The van der Waals surface area contributed by atoms with Crippen molar-refractivity contribution < 1.29 is 9.59 Å². The van der Waals surface area contributed by atoms with Crippen LogP contribution in [0.4, 0.5) is 0 Å². The molecule has 1 rings (SSSR count). The van der Waals surface area contributed by atoms with Crippen LogP contribution in [0.15, 0.2) is 5.10 Å². The van der Waals surface area contributed by atoms with Crippen molar-refractivity contribution in [2.75, 3.05) is 0 Å². The third-order valence-electron chi connectivity index (χ3n) is 3.90. The summed E-state index contributed by atoms with van der Waals surface area (Å²) in [7, 11) is 0. The first-order valence-electron chi connectivity index (χ1n) is 7.82. The molecule has 5 nitrogen and oxygen atoms in total. The second-order valence-electron chi connectivity index (χ2n) is 7.25. The van der Waals surface area contributed by atoms with E-state index in [0.717, 1.165) is 31.4 Å². The van der Waals surface area contributed by atoms with Crippen LogP contribution < -0.4 is 10.7 Å². The fourth-order valence-electron chi connectivity index (χ4n) is 2.63. The van der Waals surface area contributed by atoms with Gasteiger partial charge in [0.1, 0.15) is 6.42 Å². The first-order chi connectivity index (χ1) is 9.68. The molecule has 0 spiro atoms. The average molecular weight is 295 g/mol. The summed E-state index contributed by atoms with van der Waals surface area (Å²) in [6.45, 7) is 10.5. The number of hydrazone groups is 1. The molecule has 0 aromatic heterocycles. The highest BCUT2D eigenvalue weighted by molar-refractivity contribution is 5.97. The molecule has 0 aromatic carbocycles. The Morgan fingerprint density at radius 3 is 2.24 bits per heavy atom. The number of hydrogen-bond acceptors (Lipinski definition) is 3. The molecule has 120 valence electrons. The topological polar surface area (TPSA) is 70.6 Å². The van der Waals surface area contributed by atoms with Crippen molar-refractivity contribution in [2.45, 2.75) is 72.8 Å². The van der Waals surface area contributed by atoms with Crippen molar-refractivity contribution >= 4 is 17.5 Å². The number of carbonyl (C=O) groups is 2. The summed E-state index contributed by atoms with van der Waals surface area (Å²) >= 11 is 0. The highest BCUT2D eigenvalue weighted by Crippen LogP contribution is 2.36. The summed E-state index contributed by atoms with van der Waals surface area (Å²) < 4.78 is 0. The van der Waals surface area contributed by atoms with Crippen molar-refractivity contribution in [3.8, 4) is 0 Å². The molecule has 5 heteroatoms. The van der Waals surface area contributed by atoms with Gasteiger partial charge in [0, 0.05) is 11.8 Å². The van der Waals surface area contributed by atoms with E-state index in [-0.39, 0.29) is 24.3 Å². The summed E-state index contributed by atoms with van der Waals surface area (Å²) in [6, 6.07) is 0.0456. The summed E-state index contributed by atoms with van der Waals surface area (Å²) in [6.07, 6.45) is 3.93. The lowest BCUT2D eigenvalue weighted by Gasteiger charge is -2.34.